The van der Waals surface area contributed by atoms with Crippen molar-refractivity contribution in [1.82, 2.24) is 0 Å². The van der Waals surface area contributed by atoms with Gasteiger partial charge in [-0.3, -0.25) is 4.79 Å². The molecule has 1 rings (SSSR count). The van der Waals surface area contributed by atoms with Crippen LogP contribution in [-0.2, 0) is 19.6 Å². The normalized spacial score (nSPS) is 14.8. The van der Waals surface area contributed by atoms with Crippen LogP contribution in [0.3, 0.4) is 0 Å². The third kappa shape index (κ3) is 4.66. The lowest BCUT2D eigenvalue weighted by Crippen LogP contribution is -2.30. The van der Waals surface area contributed by atoms with Crippen molar-refractivity contribution in [1.29, 1.82) is 0 Å². The SMILES string of the molecule is CC(C)CC(N)C(=O)N=[S-](=O)c1ccccc1. The van der Waals surface area contributed by atoms with Crippen LogP contribution in [0.4, 0.5) is 0 Å². The minimum absolute atomic E-state index is 0.314. The van der Waals surface area contributed by atoms with E-state index in [0.717, 1.165) is 0 Å². The van der Waals surface area contributed by atoms with Crippen molar-refractivity contribution in [2.75, 3.05) is 0 Å². The van der Waals surface area contributed by atoms with Crippen molar-refractivity contribution in [2.45, 2.75) is 31.2 Å². The fourth-order valence-corrected chi connectivity index (χ4v) is 2.14. The molecule has 0 aliphatic heterocycles. The molecule has 0 aliphatic rings. The van der Waals surface area contributed by atoms with E-state index < -0.39 is 22.5 Å². The summed E-state index contributed by atoms with van der Waals surface area (Å²) in [6.45, 7) is 3.95. The summed E-state index contributed by atoms with van der Waals surface area (Å²) in [6.07, 6.45) is 0.550. The highest BCUT2D eigenvalue weighted by molar-refractivity contribution is 7.75. The summed E-state index contributed by atoms with van der Waals surface area (Å²) in [7, 11) is -1.65. The van der Waals surface area contributed by atoms with Crippen molar-refractivity contribution < 1.29 is 9.00 Å². The fourth-order valence-electron chi connectivity index (χ4n) is 1.35. The lowest BCUT2D eigenvalue weighted by molar-refractivity contribution is -0.119. The standard InChI is InChI=1S/C12H17N2O2S/c1-9(2)8-11(13)12(15)14-17(16)10-6-4-3-5-7-10/h3-7,9,11H,8,13H2,1-2H3/q-1. The van der Waals surface area contributed by atoms with Crippen LogP contribution in [0.15, 0.2) is 39.6 Å². The van der Waals surface area contributed by atoms with E-state index in [0.29, 0.717) is 17.2 Å². The van der Waals surface area contributed by atoms with Crippen molar-refractivity contribution in [3.05, 3.63) is 30.3 Å². The molecule has 0 radical (unpaired) electrons. The third-order valence-electron chi connectivity index (χ3n) is 2.16. The number of nitrogens with zero attached hydrogens (tertiary/aromatic N) is 1. The van der Waals surface area contributed by atoms with Gasteiger partial charge in [-0.05, 0) is 12.3 Å². The average Bonchev–Trinajstić information content (AvgIpc) is 2.29. The number of benzene rings is 1. The number of carbonyl (C=O) groups is 1. The first-order valence-corrected chi connectivity index (χ1v) is 6.59. The van der Waals surface area contributed by atoms with Crippen LogP contribution in [0, 0.1) is 5.92 Å². The Balaban J connectivity index is 2.76. The molecule has 0 spiro atoms. The number of rotatable bonds is 4. The molecule has 0 heterocycles. The van der Waals surface area contributed by atoms with Gasteiger partial charge < -0.3 is 14.3 Å². The molecule has 0 fully saturated rings. The van der Waals surface area contributed by atoms with Crippen LogP contribution in [0.1, 0.15) is 20.3 Å². The summed E-state index contributed by atoms with van der Waals surface area (Å²) < 4.78 is 15.3. The first kappa shape index (κ1) is 13.9. The molecule has 0 bridgehead atoms. The maximum Gasteiger partial charge on any atom is 0.239 e. The second-order valence-electron chi connectivity index (χ2n) is 4.23. The van der Waals surface area contributed by atoms with E-state index in [4.69, 9.17) is 5.73 Å². The smallest absolute Gasteiger partial charge is 0.239 e. The van der Waals surface area contributed by atoms with E-state index in [-0.39, 0.29) is 0 Å². The Labute approximate surface area is 103 Å². The number of nitrogens with two attached hydrogens (primary N) is 1. The summed E-state index contributed by atoms with van der Waals surface area (Å²) in [4.78, 5) is 12.1. The van der Waals surface area contributed by atoms with E-state index in [1.165, 1.54) is 0 Å². The van der Waals surface area contributed by atoms with Gasteiger partial charge in [0.2, 0.25) is 5.91 Å². The minimum atomic E-state index is -1.65. The first-order valence-electron chi connectivity index (χ1n) is 5.48. The number of carbonyl (C=O) groups excluding carboxylic acids is 1. The zero-order valence-electron chi connectivity index (χ0n) is 10.00. The lowest BCUT2D eigenvalue weighted by atomic mass is 10.0. The Kier molecular flexibility index (Phi) is 5.31. The molecule has 0 saturated heterocycles. The predicted octanol–water partition coefficient (Wildman–Crippen LogP) is 2.09. The van der Waals surface area contributed by atoms with Gasteiger partial charge in [-0.25, -0.2) is 0 Å². The second kappa shape index (κ2) is 6.51. The Morgan fingerprint density at radius 2 is 1.94 bits per heavy atom. The van der Waals surface area contributed by atoms with Gasteiger partial charge in [0.05, 0.1) is 6.04 Å². The fraction of sp³-hybridized carbons (Fsp3) is 0.417. The van der Waals surface area contributed by atoms with Gasteiger partial charge in [-0.1, -0.05) is 49.1 Å². The molecule has 1 aromatic carbocycles. The Morgan fingerprint density at radius 1 is 1.35 bits per heavy atom. The molecule has 5 heteroatoms. The van der Waals surface area contributed by atoms with Crippen LogP contribution in [0.25, 0.3) is 0 Å². The van der Waals surface area contributed by atoms with E-state index in [2.05, 4.69) is 4.36 Å². The molecular formula is C12H17N2O2S-. The summed E-state index contributed by atoms with van der Waals surface area (Å²) in [5.74, 6) is -0.185. The molecule has 4 nitrogen and oxygen atoms in total. The van der Waals surface area contributed by atoms with Crippen LogP contribution < -0.4 is 5.73 Å². The maximum atomic E-state index is 11.7. The largest absolute Gasteiger partial charge is 0.440 e. The summed E-state index contributed by atoms with van der Waals surface area (Å²) in [5.41, 5.74) is 5.67. The van der Waals surface area contributed by atoms with Gasteiger partial charge in [-0.15, -0.1) is 0 Å². The Morgan fingerprint density at radius 3 is 2.47 bits per heavy atom. The van der Waals surface area contributed by atoms with Crippen molar-refractivity contribution >= 4 is 16.5 Å². The molecule has 2 N–H and O–H groups in total. The summed E-state index contributed by atoms with van der Waals surface area (Å²) >= 11 is 0. The highest BCUT2D eigenvalue weighted by atomic mass is 32.2. The molecule has 1 atom stereocenters. The molecule has 1 aromatic rings. The molecule has 0 aliphatic carbocycles. The van der Waals surface area contributed by atoms with E-state index in [1.54, 1.807) is 24.3 Å². The Bertz CT molecular complexity index is 451. The van der Waals surface area contributed by atoms with Gasteiger partial charge >= 0.3 is 0 Å². The topological polar surface area (TPSA) is 72.5 Å². The monoisotopic (exact) mass is 253 g/mol. The molecule has 94 valence electrons. The molecule has 0 aromatic heterocycles. The van der Waals surface area contributed by atoms with Gasteiger partial charge in [0.15, 0.2) is 0 Å². The maximum absolute atomic E-state index is 11.7. The highest BCUT2D eigenvalue weighted by Crippen LogP contribution is 2.06. The van der Waals surface area contributed by atoms with Crippen LogP contribution in [0.5, 0.6) is 0 Å². The van der Waals surface area contributed by atoms with Gasteiger partial charge in [0.1, 0.15) is 0 Å². The van der Waals surface area contributed by atoms with Crippen LogP contribution >= 0.6 is 0 Å². The summed E-state index contributed by atoms with van der Waals surface area (Å²) in [5, 5.41) is 0. The molecule has 0 saturated carbocycles. The van der Waals surface area contributed by atoms with Crippen molar-refractivity contribution in [3.8, 4) is 0 Å². The van der Waals surface area contributed by atoms with Crippen molar-refractivity contribution in [3.63, 3.8) is 0 Å². The van der Waals surface area contributed by atoms with Gasteiger partial charge in [0.25, 0.3) is 0 Å². The minimum Gasteiger partial charge on any atom is -0.440 e. The average molecular weight is 253 g/mol. The van der Waals surface area contributed by atoms with E-state index >= 15 is 0 Å². The highest BCUT2D eigenvalue weighted by Gasteiger charge is 2.11. The lowest BCUT2D eigenvalue weighted by Gasteiger charge is -2.12. The zero-order chi connectivity index (χ0) is 12.8. The van der Waals surface area contributed by atoms with Crippen molar-refractivity contribution in [2.24, 2.45) is 16.0 Å². The van der Waals surface area contributed by atoms with E-state index in [9.17, 15) is 9.00 Å². The third-order valence-corrected chi connectivity index (χ3v) is 3.18. The van der Waals surface area contributed by atoms with Crippen LogP contribution in [-0.4, -0.2) is 11.9 Å². The van der Waals surface area contributed by atoms with Crippen LogP contribution in [0.2, 0.25) is 0 Å². The number of hydrogen-bond acceptors (Lipinski definition) is 4. The molecular weight excluding hydrogens is 236 g/mol. The predicted molar refractivity (Wildman–Crippen MR) is 67.6 cm³/mol. The van der Waals surface area contributed by atoms with E-state index in [1.807, 2.05) is 19.9 Å². The quantitative estimate of drug-likeness (QED) is 0.835. The van der Waals surface area contributed by atoms with Gasteiger partial charge in [0, 0.05) is 0 Å². The molecule has 1 amide bonds. The zero-order valence-corrected chi connectivity index (χ0v) is 10.8. The second-order valence-corrected chi connectivity index (χ2v) is 5.38. The number of hydrogen-bond donors (Lipinski definition) is 1. The molecule has 17 heavy (non-hydrogen) atoms. The molecule has 1 unspecified atom stereocenters. The summed E-state index contributed by atoms with van der Waals surface area (Å²) in [6, 6.07) is 7.99. The number of amides is 1. The first-order chi connectivity index (χ1) is 8.00. The Hall–Kier alpha value is -1.20. The van der Waals surface area contributed by atoms with Gasteiger partial charge in [-0.2, -0.15) is 10.6 Å².